The van der Waals surface area contributed by atoms with E-state index in [1.165, 1.54) is 18.4 Å². The normalized spacial score (nSPS) is 19.0. The molecule has 0 N–H and O–H groups in total. The lowest BCUT2D eigenvalue weighted by atomic mass is 10.2. The molecule has 2 heterocycles. The van der Waals surface area contributed by atoms with Crippen LogP contribution in [-0.4, -0.2) is 68.4 Å². The lowest BCUT2D eigenvalue weighted by Gasteiger charge is -2.35. The number of rotatable bonds is 7. The molecule has 1 aliphatic carbocycles. The van der Waals surface area contributed by atoms with Gasteiger partial charge in [0.2, 0.25) is 5.91 Å². The molecule has 28 heavy (non-hydrogen) atoms. The zero-order valence-corrected chi connectivity index (χ0v) is 17.6. The van der Waals surface area contributed by atoms with E-state index in [0.29, 0.717) is 5.92 Å². The summed E-state index contributed by atoms with van der Waals surface area (Å²) in [6, 6.07) is 10.4. The van der Waals surface area contributed by atoms with Crippen molar-refractivity contribution in [3.05, 3.63) is 41.7 Å². The number of carbonyl (C=O) groups is 1. The maximum atomic E-state index is 12.9. The molecule has 1 aliphatic heterocycles. The highest BCUT2D eigenvalue weighted by molar-refractivity contribution is 8.00. The lowest BCUT2D eigenvalue weighted by molar-refractivity contribution is -0.132. The molecular formula is C21H29N5OS. The quantitative estimate of drug-likeness (QED) is 0.670. The third-order valence-corrected chi connectivity index (χ3v) is 6.70. The highest BCUT2D eigenvalue weighted by atomic mass is 32.2. The molecule has 150 valence electrons. The Morgan fingerprint density at radius 2 is 1.86 bits per heavy atom. The van der Waals surface area contributed by atoms with E-state index in [2.05, 4.69) is 50.9 Å². The summed E-state index contributed by atoms with van der Waals surface area (Å²) in [5, 5.41) is 9.65. The third-order valence-electron chi connectivity index (χ3n) is 5.63. The van der Waals surface area contributed by atoms with Gasteiger partial charge in [0.15, 0.2) is 5.16 Å². The summed E-state index contributed by atoms with van der Waals surface area (Å²) in [6.45, 7) is 9.57. The Balaban J connectivity index is 1.46. The minimum absolute atomic E-state index is 0.154. The molecule has 1 aromatic carbocycles. The van der Waals surface area contributed by atoms with Gasteiger partial charge in [-0.05, 0) is 31.9 Å². The Bertz CT molecular complexity index is 796. The second-order valence-corrected chi connectivity index (χ2v) is 9.01. The number of hydrogen-bond acceptors (Lipinski definition) is 5. The van der Waals surface area contributed by atoms with E-state index >= 15 is 0 Å². The van der Waals surface area contributed by atoms with Crippen LogP contribution in [0, 0.1) is 0 Å². The molecule has 0 bridgehead atoms. The van der Waals surface area contributed by atoms with E-state index in [0.717, 1.165) is 50.2 Å². The Morgan fingerprint density at radius 3 is 2.50 bits per heavy atom. The number of likely N-dealkylation sites (N-methyl/N-ethyl adjacent to an activating group) is 1. The first kappa shape index (κ1) is 19.5. The van der Waals surface area contributed by atoms with Crippen molar-refractivity contribution in [2.75, 3.05) is 32.7 Å². The molecule has 0 radical (unpaired) electrons. The number of aromatic nitrogens is 3. The Labute approximate surface area is 171 Å². The number of carbonyl (C=O) groups excluding carboxylic acids is 1. The predicted octanol–water partition coefficient (Wildman–Crippen LogP) is 2.85. The van der Waals surface area contributed by atoms with E-state index in [1.54, 1.807) is 11.8 Å². The van der Waals surface area contributed by atoms with Gasteiger partial charge in [-0.3, -0.25) is 4.79 Å². The molecular weight excluding hydrogens is 370 g/mol. The number of benzene rings is 1. The fourth-order valence-electron chi connectivity index (χ4n) is 3.70. The third kappa shape index (κ3) is 4.41. The van der Waals surface area contributed by atoms with Crippen LogP contribution in [0.1, 0.15) is 44.0 Å². The van der Waals surface area contributed by atoms with Gasteiger partial charge in [-0.2, -0.15) is 0 Å². The molecule has 2 aliphatic rings. The zero-order chi connectivity index (χ0) is 19.5. The summed E-state index contributed by atoms with van der Waals surface area (Å²) in [5.41, 5.74) is 1.24. The summed E-state index contributed by atoms with van der Waals surface area (Å²) in [7, 11) is 0. The molecule has 4 rings (SSSR count). The molecule has 6 nitrogen and oxygen atoms in total. The smallest absolute Gasteiger partial charge is 0.235 e. The van der Waals surface area contributed by atoms with E-state index < -0.39 is 0 Å². The van der Waals surface area contributed by atoms with Crippen LogP contribution in [0.2, 0.25) is 0 Å². The molecule has 7 heteroatoms. The number of thioether (sulfide) groups is 1. The van der Waals surface area contributed by atoms with E-state index in [4.69, 9.17) is 0 Å². The first-order valence-electron chi connectivity index (χ1n) is 10.3. The summed E-state index contributed by atoms with van der Waals surface area (Å²) in [5.74, 6) is 1.81. The standard InChI is InChI=1S/C21H29N5OS/c1-3-24-11-13-25(14-12-24)20(27)16(2)28-21-23-22-19(18-9-10-18)26(21)15-17-7-5-4-6-8-17/h4-8,16,18H,3,9-15H2,1-2H3. The molecule has 2 fully saturated rings. The molecule has 0 spiro atoms. The average molecular weight is 400 g/mol. The van der Waals surface area contributed by atoms with Gasteiger partial charge in [-0.1, -0.05) is 49.0 Å². The van der Waals surface area contributed by atoms with Crippen molar-refractivity contribution in [3.8, 4) is 0 Å². The van der Waals surface area contributed by atoms with Crippen molar-refractivity contribution in [1.82, 2.24) is 24.6 Å². The van der Waals surface area contributed by atoms with Crippen molar-refractivity contribution < 1.29 is 4.79 Å². The molecule has 1 saturated carbocycles. The fraction of sp³-hybridized carbons (Fsp3) is 0.571. The molecule has 2 aromatic rings. The van der Waals surface area contributed by atoms with Crippen LogP contribution in [0.25, 0.3) is 0 Å². The van der Waals surface area contributed by atoms with Gasteiger partial charge >= 0.3 is 0 Å². The average Bonchev–Trinajstić information content (AvgIpc) is 3.51. The van der Waals surface area contributed by atoms with E-state index in [9.17, 15) is 4.79 Å². The van der Waals surface area contributed by atoms with Gasteiger partial charge in [0.25, 0.3) is 0 Å². The molecule has 1 amide bonds. The molecule has 1 atom stereocenters. The minimum atomic E-state index is -0.154. The highest BCUT2D eigenvalue weighted by Gasteiger charge is 2.32. The summed E-state index contributed by atoms with van der Waals surface area (Å²) < 4.78 is 2.22. The molecule has 1 aromatic heterocycles. The van der Waals surface area contributed by atoms with Gasteiger partial charge in [-0.15, -0.1) is 10.2 Å². The number of hydrogen-bond donors (Lipinski definition) is 0. The van der Waals surface area contributed by atoms with Crippen molar-refractivity contribution in [2.24, 2.45) is 0 Å². The zero-order valence-electron chi connectivity index (χ0n) is 16.8. The molecule has 1 saturated heterocycles. The highest BCUT2D eigenvalue weighted by Crippen LogP contribution is 2.40. The van der Waals surface area contributed by atoms with Gasteiger partial charge in [0.1, 0.15) is 5.82 Å². The number of piperazine rings is 1. The van der Waals surface area contributed by atoms with Crippen LogP contribution in [0.3, 0.4) is 0 Å². The fourth-order valence-corrected chi connectivity index (χ4v) is 4.63. The maximum absolute atomic E-state index is 12.9. The van der Waals surface area contributed by atoms with Gasteiger partial charge in [0.05, 0.1) is 11.8 Å². The Kier molecular flexibility index (Phi) is 6.01. The lowest BCUT2D eigenvalue weighted by Crippen LogP contribution is -2.50. The monoisotopic (exact) mass is 399 g/mol. The predicted molar refractivity (Wildman–Crippen MR) is 112 cm³/mol. The summed E-state index contributed by atoms with van der Waals surface area (Å²) in [4.78, 5) is 17.3. The van der Waals surface area contributed by atoms with Crippen LogP contribution in [0.4, 0.5) is 0 Å². The van der Waals surface area contributed by atoms with Crippen LogP contribution < -0.4 is 0 Å². The van der Waals surface area contributed by atoms with Crippen molar-refractivity contribution in [1.29, 1.82) is 0 Å². The maximum Gasteiger partial charge on any atom is 0.235 e. The second kappa shape index (κ2) is 8.66. The topological polar surface area (TPSA) is 54.3 Å². The Morgan fingerprint density at radius 1 is 1.14 bits per heavy atom. The molecule has 1 unspecified atom stereocenters. The van der Waals surface area contributed by atoms with Crippen LogP contribution in [-0.2, 0) is 11.3 Å². The first-order chi connectivity index (χ1) is 13.7. The van der Waals surface area contributed by atoms with E-state index in [-0.39, 0.29) is 11.2 Å². The Hall–Kier alpha value is -1.86. The number of amides is 1. The van der Waals surface area contributed by atoms with Crippen LogP contribution in [0.5, 0.6) is 0 Å². The summed E-state index contributed by atoms with van der Waals surface area (Å²) in [6.07, 6.45) is 2.38. The largest absolute Gasteiger partial charge is 0.339 e. The van der Waals surface area contributed by atoms with Crippen molar-refractivity contribution in [2.45, 2.75) is 49.6 Å². The van der Waals surface area contributed by atoms with Gasteiger partial charge in [0, 0.05) is 32.1 Å². The van der Waals surface area contributed by atoms with Gasteiger partial charge in [-0.25, -0.2) is 0 Å². The van der Waals surface area contributed by atoms with Crippen molar-refractivity contribution >= 4 is 17.7 Å². The van der Waals surface area contributed by atoms with E-state index in [1.807, 2.05) is 17.9 Å². The van der Waals surface area contributed by atoms with Crippen LogP contribution in [0.15, 0.2) is 35.5 Å². The minimum Gasteiger partial charge on any atom is -0.339 e. The van der Waals surface area contributed by atoms with Crippen molar-refractivity contribution in [3.63, 3.8) is 0 Å². The van der Waals surface area contributed by atoms with Crippen LogP contribution >= 0.6 is 11.8 Å². The SMILES string of the molecule is CCN1CCN(C(=O)C(C)Sc2nnc(C3CC3)n2Cc2ccccc2)CC1. The first-order valence-corrected chi connectivity index (χ1v) is 11.2. The number of nitrogens with zero attached hydrogens (tertiary/aromatic N) is 5. The van der Waals surface area contributed by atoms with Gasteiger partial charge < -0.3 is 14.4 Å². The summed E-state index contributed by atoms with van der Waals surface area (Å²) >= 11 is 1.55. The second-order valence-electron chi connectivity index (χ2n) is 7.71.